The van der Waals surface area contributed by atoms with E-state index in [0.717, 1.165) is 10.5 Å². The minimum atomic E-state index is 0.0590. The van der Waals surface area contributed by atoms with E-state index in [0.29, 0.717) is 12.3 Å². The molecule has 0 bridgehead atoms. The highest BCUT2D eigenvalue weighted by atomic mass is 32.2. The molecule has 0 spiro atoms. The van der Waals surface area contributed by atoms with Crippen LogP contribution in [0.3, 0.4) is 0 Å². The smallest absolute Gasteiger partial charge is 0.230 e. The number of carbonyl (C=O) groups is 1. The van der Waals surface area contributed by atoms with Crippen LogP contribution >= 0.6 is 11.8 Å². The van der Waals surface area contributed by atoms with Crippen LogP contribution < -0.4 is 5.32 Å². The summed E-state index contributed by atoms with van der Waals surface area (Å²) < 4.78 is 0. The normalized spacial score (nSPS) is 10.7. The minimum absolute atomic E-state index is 0.0590. The number of benzene rings is 3. The fraction of sp³-hybridized carbons (Fsp3) is 0.150. The molecule has 0 atom stereocenters. The Morgan fingerprint density at radius 1 is 0.957 bits per heavy atom. The van der Waals surface area contributed by atoms with Gasteiger partial charge in [0.25, 0.3) is 0 Å². The molecule has 1 amide bonds. The maximum absolute atomic E-state index is 12.0. The number of rotatable bonds is 5. The number of fused-ring (bicyclic) bond motifs is 1. The minimum Gasteiger partial charge on any atom is -0.351 e. The summed E-state index contributed by atoms with van der Waals surface area (Å²) in [5.41, 5.74) is 2.35. The van der Waals surface area contributed by atoms with Crippen LogP contribution in [0, 0.1) is 6.92 Å². The topological polar surface area (TPSA) is 29.1 Å². The van der Waals surface area contributed by atoms with E-state index in [1.54, 1.807) is 11.8 Å². The van der Waals surface area contributed by atoms with Crippen LogP contribution in [0.25, 0.3) is 10.8 Å². The molecular weight excluding hydrogens is 302 g/mol. The van der Waals surface area contributed by atoms with Gasteiger partial charge in [-0.15, -0.1) is 11.8 Å². The van der Waals surface area contributed by atoms with Crippen LogP contribution in [-0.4, -0.2) is 11.7 Å². The lowest BCUT2D eigenvalue weighted by atomic mass is 10.1. The highest BCUT2D eigenvalue weighted by Gasteiger charge is 2.03. The summed E-state index contributed by atoms with van der Waals surface area (Å²) in [6.07, 6.45) is 0. The molecule has 0 heterocycles. The summed E-state index contributed by atoms with van der Waals surface area (Å²) in [4.78, 5) is 13.1. The first-order valence-corrected chi connectivity index (χ1v) is 8.63. The first-order valence-electron chi connectivity index (χ1n) is 7.64. The first-order chi connectivity index (χ1) is 11.2. The Hall–Kier alpha value is -2.26. The molecule has 0 fully saturated rings. The molecule has 0 aliphatic rings. The number of amides is 1. The predicted molar refractivity (Wildman–Crippen MR) is 97.7 cm³/mol. The average Bonchev–Trinajstić information content (AvgIpc) is 2.59. The average molecular weight is 321 g/mol. The van der Waals surface area contributed by atoms with E-state index in [9.17, 15) is 4.79 Å². The number of carbonyl (C=O) groups excluding carboxylic acids is 1. The fourth-order valence-electron chi connectivity index (χ4n) is 2.38. The number of aryl methyl sites for hydroxylation is 1. The zero-order valence-corrected chi connectivity index (χ0v) is 13.9. The Labute approximate surface area is 140 Å². The number of nitrogens with one attached hydrogen (secondary N) is 1. The summed E-state index contributed by atoms with van der Waals surface area (Å²) in [6.45, 7) is 2.63. The third kappa shape index (κ3) is 4.36. The van der Waals surface area contributed by atoms with Crippen molar-refractivity contribution in [3.05, 3.63) is 77.9 Å². The molecule has 0 aliphatic heterocycles. The molecule has 0 unspecified atom stereocenters. The maximum Gasteiger partial charge on any atom is 0.230 e. The SMILES string of the molecule is Cc1ccc(SCC(=O)NCc2ccc3ccccc3c2)cc1. The zero-order chi connectivity index (χ0) is 16.1. The van der Waals surface area contributed by atoms with Crippen molar-refractivity contribution in [1.82, 2.24) is 5.32 Å². The summed E-state index contributed by atoms with van der Waals surface area (Å²) >= 11 is 1.56. The van der Waals surface area contributed by atoms with E-state index in [1.165, 1.54) is 16.3 Å². The summed E-state index contributed by atoms with van der Waals surface area (Å²) in [7, 11) is 0. The molecule has 0 radical (unpaired) electrons. The van der Waals surface area contributed by atoms with E-state index in [4.69, 9.17) is 0 Å². The molecule has 116 valence electrons. The molecule has 23 heavy (non-hydrogen) atoms. The Balaban J connectivity index is 1.52. The van der Waals surface area contributed by atoms with Gasteiger partial charge in [-0.05, 0) is 41.5 Å². The van der Waals surface area contributed by atoms with Gasteiger partial charge < -0.3 is 5.32 Å². The Morgan fingerprint density at radius 2 is 1.70 bits per heavy atom. The molecule has 3 heteroatoms. The van der Waals surface area contributed by atoms with Crippen LogP contribution in [0.1, 0.15) is 11.1 Å². The van der Waals surface area contributed by atoms with Gasteiger partial charge in [0.15, 0.2) is 0 Å². The van der Waals surface area contributed by atoms with Gasteiger partial charge in [0, 0.05) is 11.4 Å². The van der Waals surface area contributed by atoms with Crippen molar-refractivity contribution >= 4 is 28.4 Å². The number of hydrogen-bond acceptors (Lipinski definition) is 2. The van der Waals surface area contributed by atoms with Gasteiger partial charge in [-0.1, -0.05) is 54.1 Å². The van der Waals surface area contributed by atoms with Crippen LogP contribution in [0.4, 0.5) is 0 Å². The Morgan fingerprint density at radius 3 is 2.48 bits per heavy atom. The second-order valence-electron chi connectivity index (χ2n) is 5.56. The molecule has 3 aromatic carbocycles. The van der Waals surface area contributed by atoms with Gasteiger partial charge in [-0.2, -0.15) is 0 Å². The lowest BCUT2D eigenvalue weighted by Crippen LogP contribution is -2.24. The fourth-order valence-corrected chi connectivity index (χ4v) is 3.11. The third-order valence-electron chi connectivity index (χ3n) is 3.69. The molecule has 0 aromatic heterocycles. The molecular formula is C20H19NOS. The standard InChI is InChI=1S/C20H19NOS/c1-15-6-10-19(11-7-15)23-14-20(22)21-13-16-8-9-17-4-2-3-5-18(17)12-16/h2-12H,13-14H2,1H3,(H,21,22). The van der Waals surface area contributed by atoms with Crippen LogP contribution in [0.5, 0.6) is 0 Å². The van der Waals surface area contributed by atoms with Gasteiger partial charge in [-0.3, -0.25) is 4.79 Å². The van der Waals surface area contributed by atoms with E-state index in [-0.39, 0.29) is 5.91 Å². The molecule has 0 saturated heterocycles. The van der Waals surface area contributed by atoms with Crippen molar-refractivity contribution in [3.8, 4) is 0 Å². The van der Waals surface area contributed by atoms with Crippen LogP contribution in [0.2, 0.25) is 0 Å². The van der Waals surface area contributed by atoms with Crippen molar-refractivity contribution in [3.63, 3.8) is 0 Å². The van der Waals surface area contributed by atoms with E-state index in [2.05, 4.69) is 66.8 Å². The summed E-state index contributed by atoms with van der Waals surface area (Å²) in [5.74, 6) is 0.500. The van der Waals surface area contributed by atoms with Gasteiger partial charge in [0.05, 0.1) is 5.75 Å². The van der Waals surface area contributed by atoms with Crippen LogP contribution in [0.15, 0.2) is 71.6 Å². The van der Waals surface area contributed by atoms with Crippen molar-refractivity contribution < 1.29 is 4.79 Å². The van der Waals surface area contributed by atoms with Crippen LogP contribution in [-0.2, 0) is 11.3 Å². The van der Waals surface area contributed by atoms with E-state index in [1.807, 2.05) is 12.1 Å². The highest BCUT2D eigenvalue weighted by molar-refractivity contribution is 8.00. The number of thioether (sulfide) groups is 1. The molecule has 3 rings (SSSR count). The molecule has 2 nitrogen and oxygen atoms in total. The number of hydrogen-bond donors (Lipinski definition) is 1. The monoisotopic (exact) mass is 321 g/mol. The second-order valence-corrected chi connectivity index (χ2v) is 6.61. The predicted octanol–water partition coefficient (Wildman–Crippen LogP) is 4.56. The van der Waals surface area contributed by atoms with Crippen molar-refractivity contribution in [2.75, 3.05) is 5.75 Å². The first kappa shape index (κ1) is 15.6. The van der Waals surface area contributed by atoms with Crippen molar-refractivity contribution in [2.24, 2.45) is 0 Å². The lowest BCUT2D eigenvalue weighted by Gasteiger charge is -2.07. The van der Waals surface area contributed by atoms with Gasteiger partial charge >= 0.3 is 0 Å². The maximum atomic E-state index is 12.0. The second kappa shape index (κ2) is 7.34. The summed E-state index contributed by atoms with van der Waals surface area (Å²) in [5, 5.41) is 5.41. The van der Waals surface area contributed by atoms with Crippen molar-refractivity contribution in [1.29, 1.82) is 0 Å². The lowest BCUT2D eigenvalue weighted by molar-refractivity contribution is -0.118. The van der Waals surface area contributed by atoms with Gasteiger partial charge in [0.1, 0.15) is 0 Å². The third-order valence-corrected chi connectivity index (χ3v) is 4.71. The zero-order valence-electron chi connectivity index (χ0n) is 13.1. The molecule has 3 aromatic rings. The van der Waals surface area contributed by atoms with Gasteiger partial charge in [-0.25, -0.2) is 0 Å². The quantitative estimate of drug-likeness (QED) is 0.698. The molecule has 0 saturated carbocycles. The molecule has 0 aliphatic carbocycles. The largest absolute Gasteiger partial charge is 0.351 e. The van der Waals surface area contributed by atoms with Gasteiger partial charge in [0.2, 0.25) is 5.91 Å². The van der Waals surface area contributed by atoms with E-state index >= 15 is 0 Å². The highest BCUT2D eigenvalue weighted by Crippen LogP contribution is 2.18. The van der Waals surface area contributed by atoms with E-state index < -0.39 is 0 Å². The molecule has 1 N–H and O–H groups in total. The Bertz CT molecular complexity index is 811. The Kier molecular flexibility index (Phi) is 4.99. The van der Waals surface area contributed by atoms with Crippen molar-refractivity contribution in [2.45, 2.75) is 18.4 Å². The summed E-state index contributed by atoms with van der Waals surface area (Å²) in [6, 6.07) is 22.8.